The standard InChI is InChI=1S/C18H18FN3O4S/c1-12-11-13(5-6-14(12)19)27(24,25)22-9-7-21(8-10-22)16-4-2-3-15-17(16)26-18(23)20-15/h2-6,11H,7-10H2,1H3,(H,20,23). The highest BCUT2D eigenvalue weighted by atomic mass is 32.2. The van der Waals surface area contributed by atoms with Gasteiger partial charge in [-0.15, -0.1) is 0 Å². The SMILES string of the molecule is Cc1cc(S(=O)(=O)N2CCN(c3cccc4[nH]c(=O)oc34)CC2)ccc1F. The highest BCUT2D eigenvalue weighted by Gasteiger charge is 2.29. The molecule has 1 N–H and O–H groups in total. The second-order valence-electron chi connectivity index (χ2n) is 6.47. The van der Waals surface area contributed by atoms with E-state index in [-0.39, 0.29) is 18.0 Å². The molecule has 1 aliphatic heterocycles. The molecule has 27 heavy (non-hydrogen) atoms. The molecule has 2 heterocycles. The lowest BCUT2D eigenvalue weighted by molar-refractivity contribution is 0.384. The number of H-pyrrole nitrogens is 1. The molecule has 0 atom stereocenters. The van der Waals surface area contributed by atoms with Gasteiger partial charge in [0.25, 0.3) is 0 Å². The molecule has 0 bridgehead atoms. The van der Waals surface area contributed by atoms with Crippen LogP contribution < -0.4 is 10.7 Å². The first kappa shape index (κ1) is 17.7. The van der Waals surface area contributed by atoms with E-state index in [4.69, 9.17) is 4.42 Å². The number of anilines is 1. The van der Waals surface area contributed by atoms with Crippen molar-refractivity contribution in [2.45, 2.75) is 11.8 Å². The molecule has 1 aliphatic rings. The van der Waals surface area contributed by atoms with Crippen molar-refractivity contribution in [3.63, 3.8) is 0 Å². The normalized spacial score (nSPS) is 16.1. The molecule has 0 spiro atoms. The Balaban J connectivity index is 1.56. The molecular weight excluding hydrogens is 373 g/mol. The minimum Gasteiger partial charge on any atom is -0.406 e. The van der Waals surface area contributed by atoms with Gasteiger partial charge >= 0.3 is 5.76 Å². The van der Waals surface area contributed by atoms with Gasteiger partial charge in [0, 0.05) is 26.2 Å². The maximum Gasteiger partial charge on any atom is 0.417 e. The van der Waals surface area contributed by atoms with E-state index in [1.54, 1.807) is 6.07 Å². The van der Waals surface area contributed by atoms with Crippen LogP contribution in [0.4, 0.5) is 10.1 Å². The van der Waals surface area contributed by atoms with Crippen molar-refractivity contribution in [1.82, 2.24) is 9.29 Å². The van der Waals surface area contributed by atoms with Crippen molar-refractivity contribution in [3.8, 4) is 0 Å². The third-order valence-electron chi connectivity index (χ3n) is 4.77. The van der Waals surface area contributed by atoms with Gasteiger partial charge in [0.1, 0.15) is 5.82 Å². The number of aromatic amines is 1. The molecule has 0 saturated carbocycles. The van der Waals surface area contributed by atoms with Gasteiger partial charge in [0.2, 0.25) is 10.0 Å². The van der Waals surface area contributed by atoms with Crippen molar-refractivity contribution < 1.29 is 17.2 Å². The maximum atomic E-state index is 13.4. The van der Waals surface area contributed by atoms with Crippen LogP contribution in [-0.4, -0.2) is 43.9 Å². The first-order valence-electron chi connectivity index (χ1n) is 8.49. The van der Waals surface area contributed by atoms with Gasteiger partial charge in [-0.05, 0) is 42.8 Å². The minimum absolute atomic E-state index is 0.0913. The summed E-state index contributed by atoms with van der Waals surface area (Å²) in [5.74, 6) is -0.954. The number of rotatable bonds is 3. The topological polar surface area (TPSA) is 86.6 Å². The molecule has 0 amide bonds. The number of benzene rings is 2. The van der Waals surface area contributed by atoms with E-state index in [1.807, 2.05) is 17.0 Å². The molecule has 142 valence electrons. The largest absolute Gasteiger partial charge is 0.417 e. The number of oxazole rings is 1. The predicted molar refractivity (Wildman–Crippen MR) is 98.9 cm³/mol. The van der Waals surface area contributed by atoms with Crippen LogP contribution in [0.5, 0.6) is 0 Å². The highest BCUT2D eigenvalue weighted by Crippen LogP contribution is 2.27. The Kier molecular flexibility index (Phi) is 4.27. The van der Waals surface area contributed by atoms with E-state index in [1.165, 1.54) is 29.4 Å². The third-order valence-corrected chi connectivity index (χ3v) is 6.67. The molecule has 0 radical (unpaired) electrons. The maximum absolute atomic E-state index is 13.4. The summed E-state index contributed by atoms with van der Waals surface area (Å²) in [5.41, 5.74) is 2.12. The zero-order valence-corrected chi connectivity index (χ0v) is 15.4. The van der Waals surface area contributed by atoms with Crippen molar-refractivity contribution in [1.29, 1.82) is 0 Å². The quantitative estimate of drug-likeness (QED) is 0.739. The molecule has 1 fully saturated rings. The zero-order chi connectivity index (χ0) is 19.2. The van der Waals surface area contributed by atoms with Gasteiger partial charge in [-0.1, -0.05) is 6.07 Å². The fraction of sp³-hybridized carbons (Fsp3) is 0.278. The van der Waals surface area contributed by atoms with E-state index >= 15 is 0 Å². The van der Waals surface area contributed by atoms with Gasteiger partial charge in [0.15, 0.2) is 5.58 Å². The molecule has 1 aromatic heterocycles. The second kappa shape index (κ2) is 6.50. The van der Waals surface area contributed by atoms with Crippen LogP contribution in [0.3, 0.4) is 0 Å². The monoisotopic (exact) mass is 391 g/mol. The number of aromatic nitrogens is 1. The number of nitrogens with zero attached hydrogens (tertiary/aromatic N) is 2. The van der Waals surface area contributed by atoms with E-state index in [0.717, 1.165) is 5.69 Å². The summed E-state index contributed by atoms with van der Waals surface area (Å²) in [7, 11) is -3.68. The summed E-state index contributed by atoms with van der Waals surface area (Å²) in [5, 5.41) is 0. The first-order valence-corrected chi connectivity index (χ1v) is 9.93. The Labute approximate surface area is 155 Å². The lowest BCUT2D eigenvalue weighted by Crippen LogP contribution is -2.48. The van der Waals surface area contributed by atoms with Crippen LogP contribution >= 0.6 is 0 Å². The van der Waals surface area contributed by atoms with Crippen LogP contribution in [0.15, 0.2) is 50.5 Å². The molecule has 1 saturated heterocycles. The van der Waals surface area contributed by atoms with Crippen molar-refractivity contribution in [2.24, 2.45) is 0 Å². The summed E-state index contributed by atoms with van der Waals surface area (Å²) in [4.78, 5) is 16.2. The van der Waals surface area contributed by atoms with E-state index in [2.05, 4.69) is 4.98 Å². The number of para-hydroxylation sites is 1. The van der Waals surface area contributed by atoms with Gasteiger partial charge in [-0.25, -0.2) is 17.6 Å². The fourth-order valence-electron chi connectivity index (χ4n) is 3.30. The van der Waals surface area contributed by atoms with Crippen LogP contribution in [-0.2, 0) is 10.0 Å². The minimum atomic E-state index is -3.68. The fourth-order valence-corrected chi connectivity index (χ4v) is 4.81. The smallest absolute Gasteiger partial charge is 0.406 e. The Bertz CT molecular complexity index is 1160. The van der Waals surface area contributed by atoms with Crippen LogP contribution in [0.2, 0.25) is 0 Å². The van der Waals surface area contributed by atoms with Gasteiger partial charge in [0.05, 0.1) is 16.1 Å². The first-order chi connectivity index (χ1) is 12.9. The number of fused-ring (bicyclic) bond motifs is 1. The summed E-state index contributed by atoms with van der Waals surface area (Å²) in [6.07, 6.45) is 0. The number of aryl methyl sites for hydroxylation is 1. The molecule has 7 nitrogen and oxygen atoms in total. The van der Waals surface area contributed by atoms with E-state index in [0.29, 0.717) is 29.8 Å². The van der Waals surface area contributed by atoms with Crippen molar-refractivity contribution in [3.05, 3.63) is 58.3 Å². The van der Waals surface area contributed by atoms with Crippen LogP contribution in [0, 0.1) is 12.7 Å². The van der Waals surface area contributed by atoms with E-state index in [9.17, 15) is 17.6 Å². The number of halogens is 1. The summed E-state index contributed by atoms with van der Waals surface area (Å²) >= 11 is 0. The highest BCUT2D eigenvalue weighted by molar-refractivity contribution is 7.89. The Morgan fingerprint density at radius 2 is 1.85 bits per heavy atom. The molecule has 2 aromatic carbocycles. The number of sulfonamides is 1. The molecular formula is C18H18FN3O4S. The zero-order valence-electron chi connectivity index (χ0n) is 14.6. The van der Waals surface area contributed by atoms with Crippen molar-refractivity contribution in [2.75, 3.05) is 31.1 Å². The molecule has 0 unspecified atom stereocenters. The van der Waals surface area contributed by atoms with Crippen molar-refractivity contribution >= 4 is 26.8 Å². The average molecular weight is 391 g/mol. The Morgan fingerprint density at radius 3 is 2.56 bits per heavy atom. The number of hydrogen-bond acceptors (Lipinski definition) is 5. The number of piperazine rings is 1. The van der Waals surface area contributed by atoms with Gasteiger partial charge < -0.3 is 9.32 Å². The molecule has 3 aromatic rings. The van der Waals surface area contributed by atoms with Gasteiger partial charge in [-0.2, -0.15) is 4.31 Å². The lowest BCUT2D eigenvalue weighted by atomic mass is 10.2. The Morgan fingerprint density at radius 1 is 1.11 bits per heavy atom. The number of nitrogens with one attached hydrogen (secondary N) is 1. The molecule has 0 aliphatic carbocycles. The van der Waals surface area contributed by atoms with Crippen LogP contribution in [0.25, 0.3) is 11.1 Å². The average Bonchev–Trinajstić information content (AvgIpc) is 3.04. The summed E-state index contributed by atoms with van der Waals surface area (Å²) in [6.45, 7) is 3.01. The molecule has 4 rings (SSSR count). The lowest BCUT2D eigenvalue weighted by Gasteiger charge is -2.35. The second-order valence-corrected chi connectivity index (χ2v) is 8.41. The Hall–Kier alpha value is -2.65. The molecule has 9 heteroatoms. The third kappa shape index (κ3) is 3.13. The predicted octanol–water partition coefficient (Wildman–Crippen LogP) is 2.08. The summed E-state index contributed by atoms with van der Waals surface area (Å²) < 4.78 is 45.7. The van der Waals surface area contributed by atoms with Crippen LogP contribution in [0.1, 0.15) is 5.56 Å². The summed E-state index contributed by atoms with van der Waals surface area (Å²) in [6, 6.07) is 9.22. The van der Waals surface area contributed by atoms with Gasteiger partial charge in [-0.3, -0.25) is 4.98 Å². The number of hydrogen-bond donors (Lipinski definition) is 1. The van der Waals surface area contributed by atoms with E-state index < -0.39 is 21.6 Å².